The Morgan fingerprint density at radius 2 is 1.60 bits per heavy atom. The third-order valence-electron chi connectivity index (χ3n) is 2.70. The van der Waals surface area contributed by atoms with E-state index in [0.717, 1.165) is 12.1 Å². The Kier molecular flexibility index (Phi) is 4.24. The summed E-state index contributed by atoms with van der Waals surface area (Å²) in [5, 5.41) is 8.75. The summed E-state index contributed by atoms with van der Waals surface area (Å²) in [6.07, 6.45) is 0. The Hall–Kier alpha value is -2.08. The van der Waals surface area contributed by atoms with Gasteiger partial charge in [-0.25, -0.2) is 13.6 Å². The molecule has 2 rings (SSSR count). The summed E-state index contributed by atoms with van der Waals surface area (Å²) in [6, 6.07) is 8.78. The molecular weight excluding hydrogens is 286 g/mol. The molecule has 0 radical (unpaired) electrons. The fraction of sp³-hybridized carbons (Fsp3) is 0.0714. The lowest BCUT2D eigenvalue weighted by atomic mass is 10.2. The van der Waals surface area contributed by atoms with E-state index in [1.807, 2.05) is 0 Å². The van der Waals surface area contributed by atoms with Crippen molar-refractivity contribution in [1.82, 2.24) is 0 Å². The van der Waals surface area contributed by atoms with Crippen LogP contribution in [0.3, 0.4) is 0 Å². The minimum absolute atomic E-state index is 0.0582. The molecular formula is C14H10F2O3S. The van der Waals surface area contributed by atoms with Crippen molar-refractivity contribution >= 4 is 16.8 Å². The third kappa shape index (κ3) is 3.08. The standard InChI is InChI=1S/C14H10F2O3S/c15-12-2-1-3-13(16)11(12)8-20(19)10-6-4-9(5-7-10)14(17)18/h1-7H,8H2,(H,17,18). The highest BCUT2D eigenvalue weighted by Gasteiger charge is 2.14. The second kappa shape index (κ2) is 5.92. The molecule has 0 heterocycles. The topological polar surface area (TPSA) is 54.4 Å². The van der Waals surface area contributed by atoms with E-state index in [1.54, 1.807) is 0 Å². The molecule has 1 unspecified atom stereocenters. The minimum Gasteiger partial charge on any atom is -0.478 e. The molecule has 2 aromatic rings. The zero-order chi connectivity index (χ0) is 14.7. The molecule has 20 heavy (non-hydrogen) atoms. The molecule has 6 heteroatoms. The number of hydrogen-bond acceptors (Lipinski definition) is 2. The first-order valence-electron chi connectivity index (χ1n) is 5.63. The molecule has 1 N–H and O–H groups in total. The summed E-state index contributed by atoms with van der Waals surface area (Å²) in [6.45, 7) is 0. The Balaban J connectivity index is 2.22. The first-order chi connectivity index (χ1) is 9.49. The summed E-state index contributed by atoms with van der Waals surface area (Å²) < 4.78 is 38.9. The van der Waals surface area contributed by atoms with Gasteiger partial charge in [0.25, 0.3) is 0 Å². The van der Waals surface area contributed by atoms with Gasteiger partial charge in [-0.15, -0.1) is 0 Å². The fourth-order valence-electron chi connectivity index (χ4n) is 1.63. The van der Waals surface area contributed by atoms with Crippen LogP contribution in [0.15, 0.2) is 47.4 Å². The van der Waals surface area contributed by atoms with Gasteiger partial charge in [0, 0.05) is 10.5 Å². The molecule has 0 saturated heterocycles. The average Bonchev–Trinajstić information content (AvgIpc) is 2.43. The van der Waals surface area contributed by atoms with Crippen LogP contribution in [0.4, 0.5) is 8.78 Å². The van der Waals surface area contributed by atoms with Crippen molar-refractivity contribution in [2.75, 3.05) is 0 Å². The molecule has 0 aromatic heterocycles. The molecule has 3 nitrogen and oxygen atoms in total. The molecule has 0 fully saturated rings. The van der Waals surface area contributed by atoms with Crippen molar-refractivity contribution in [2.24, 2.45) is 0 Å². The normalized spacial score (nSPS) is 12.1. The van der Waals surface area contributed by atoms with E-state index in [4.69, 9.17) is 5.11 Å². The van der Waals surface area contributed by atoms with Gasteiger partial charge in [0.2, 0.25) is 0 Å². The molecule has 104 valence electrons. The number of carboxylic acids is 1. The summed E-state index contributed by atoms with van der Waals surface area (Å²) in [5.74, 6) is -2.89. The lowest BCUT2D eigenvalue weighted by Gasteiger charge is -2.05. The largest absolute Gasteiger partial charge is 0.478 e. The number of carboxylic acid groups (broad SMARTS) is 1. The molecule has 1 atom stereocenters. The van der Waals surface area contributed by atoms with Gasteiger partial charge in [0.1, 0.15) is 11.6 Å². The SMILES string of the molecule is O=C(O)c1ccc(S(=O)Cc2c(F)cccc2F)cc1. The quantitative estimate of drug-likeness (QED) is 0.943. The van der Waals surface area contributed by atoms with E-state index in [0.29, 0.717) is 4.90 Å². The van der Waals surface area contributed by atoms with Crippen molar-refractivity contribution in [3.05, 3.63) is 65.2 Å². The molecule has 2 aromatic carbocycles. The van der Waals surface area contributed by atoms with Crippen LogP contribution in [-0.4, -0.2) is 15.3 Å². The maximum atomic E-state index is 13.4. The fourth-order valence-corrected chi connectivity index (χ4v) is 2.78. The number of aromatic carboxylic acids is 1. The number of rotatable bonds is 4. The molecule has 0 saturated carbocycles. The number of halogens is 2. The number of hydrogen-bond donors (Lipinski definition) is 1. The van der Waals surface area contributed by atoms with Gasteiger partial charge >= 0.3 is 5.97 Å². The average molecular weight is 296 g/mol. The van der Waals surface area contributed by atoms with Crippen molar-refractivity contribution in [3.8, 4) is 0 Å². The van der Waals surface area contributed by atoms with Gasteiger partial charge in [-0.1, -0.05) is 6.07 Å². The number of benzene rings is 2. The van der Waals surface area contributed by atoms with Gasteiger partial charge in [0.15, 0.2) is 0 Å². The predicted octanol–water partition coefficient (Wildman–Crippen LogP) is 2.97. The third-order valence-corrected chi connectivity index (χ3v) is 4.05. The smallest absolute Gasteiger partial charge is 0.335 e. The Morgan fingerprint density at radius 3 is 2.10 bits per heavy atom. The van der Waals surface area contributed by atoms with Crippen LogP contribution in [0, 0.1) is 11.6 Å². The summed E-state index contributed by atoms with van der Waals surface area (Å²) in [4.78, 5) is 11.0. The van der Waals surface area contributed by atoms with Crippen LogP contribution < -0.4 is 0 Å². The van der Waals surface area contributed by atoms with Gasteiger partial charge in [-0.2, -0.15) is 0 Å². The van der Waals surface area contributed by atoms with E-state index in [-0.39, 0.29) is 16.9 Å². The second-order valence-corrected chi connectivity index (χ2v) is 5.47. The van der Waals surface area contributed by atoms with Crippen LogP contribution in [0.2, 0.25) is 0 Å². The Bertz CT molecular complexity index is 648. The highest BCUT2D eigenvalue weighted by Crippen LogP contribution is 2.18. The van der Waals surface area contributed by atoms with Crippen LogP contribution in [0.5, 0.6) is 0 Å². The maximum Gasteiger partial charge on any atom is 0.335 e. The molecule has 0 aliphatic carbocycles. The van der Waals surface area contributed by atoms with Gasteiger partial charge in [0.05, 0.1) is 22.1 Å². The molecule has 0 aliphatic heterocycles. The zero-order valence-electron chi connectivity index (χ0n) is 10.2. The summed E-state index contributed by atoms with van der Waals surface area (Å²) in [5.41, 5.74) is -0.184. The second-order valence-electron chi connectivity index (χ2n) is 4.02. The first-order valence-corrected chi connectivity index (χ1v) is 6.95. The minimum atomic E-state index is -1.65. The van der Waals surface area contributed by atoms with Crippen LogP contribution in [0.25, 0.3) is 0 Å². The summed E-state index contributed by atoms with van der Waals surface area (Å²) >= 11 is 0. The first kappa shape index (κ1) is 14.3. The van der Waals surface area contributed by atoms with E-state index >= 15 is 0 Å². The van der Waals surface area contributed by atoms with Crippen LogP contribution in [0.1, 0.15) is 15.9 Å². The maximum absolute atomic E-state index is 13.4. The Morgan fingerprint density at radius 1 is 1.05 bits per heavy atom. The summed E-state index contributed by atoms with van der Waals surface area (Å²) in [7, 11) is -1.65. The van der Waals surface area contributed by atoms with Crippen molar-refractivity contribution in [3.63, 3.8) is 0 Å². The highest BCUT2D eigenvalue weighted by atomic mass is 32.2. The van der Waals surface area contributed by atoms with Crippen molar-refractivity contribution in [2.45, 2.75) is 10.6 Å². The van der Waals surface area contributed by atoms with E-state index in [2.05, 4.69) is 0 Å². The van der Waals surface area contributed by atoms with E-state index < -0.39 is 28.4 Å². The Labute approximate surface area is 116 Å². The monoisotopic (exact) mass is 296 g/mol. The van der Waals surface area contributed by atoms with Crippen LogP contribution >= 0.6 is 0 Å². The molecule has 0 bridgehead atoms. The zero-order valence-corrected chi connectivity index (χ0v) is 11.0. The lowest BCUT2D eigenvalue weighted by molar-refractivity contribution is 0.0697. The van der Waals surface area contributed by atoms with Gasteiger partial charge < -0.3 is 5.11 Å². The highest BCUT2D eigenvalue weighted by molar-refractivity contribution is 7.84. The number of carbonyl (C=O) groups is 1. The van der Waals surface area contributed by atoms with E-state index in [1.165, 1.54) is 30.3 Å². The molecule has 0 amide bonds. The lowest BCUT2D eigenvalue weighted by Crippen LogP contribution is -2.03. The molecule has 0 aliphatic rings. The molecule has 0 spiro atoms. The van der Waals surface area contributed by atoms with Gasteiger partial charge in [-0.05, 0) is 36.4 Å². The van der Waals surface area contributed by atoms with Crippen LogP contribution in [-0.2, 0) is 16.6 Å². The van der Waals surface area contributed by atoms with E-state index in [9.17, 15) is 17.8 Å². The van der Waals surface area contributed by atoms with Gasteiger partial charge in [-0.3, -0.25) is 4.21 Å². The van der Waals surface area contributed by atoms with Crippen molar-refractivity contribution in [1.29, 1.82) is 0 Å². The van der Waals surface area contributed by atoms with Crippen molar-refractivity contribution < 1.29 is 22.9 Å². The predicted molar refractivity (Wildman–Crippen MR) is 69.9 cm³/mol.